The molecule has 0 aliphatic carbocycles. The molecule has 1 fully saturated rings. The summed E-state index contributed by atoms with van der Waals surface area (Å²) in [5.74, 6) is 0.0443. The van der Waals surface area contributed by atoms with Crippen molar-refractivity contribution in [2.24, 2.45) is 0 Å². The van der Waals surface area contributed by atoms with Gasteiger partial charge in [-0.25, -0.2) is 0 Å². The SMILES string of the molecule is CN(C)CCNc1cccc(/C=C/C(=O)c2cc(-c3ccccc3)ccc2CN2CCN(C)CC2)c1. The molecule has 36 heavy (non-hydrogen) atoms. The minimum Gasteiger partial charge on any atom is -0.384 e. The Morgan fingerprint density at radius 1 is 0.917 bits per heavy atom. The Balaban J connectivity index is 1.55. The van der Waals surface area contributed by atoms with Crippen molar-refractivity contribution in [1.82, 2.24) is 14.7 Å². The minimum absolute atomic E-state index is 0.0443. The maximum absolute atomic E-state index is 13.5. The zero-order chi connectivity index (χ0) is 25.3. The standard InChI is InChI=1S/C31H38N4O/c1-33(2)17-16-32-29-11-7-8-25(22-29)12-15-31(36)30-23-27(26-9-5-4-6-10-26)13-14-28(30)24-35-20-18-34(3)19-21-35/h4-15,22-23,32H,16-21,24H2,1-3H3/b15-12+. The molecule has 3 aromatic rings. The van der Waals surface area contributed by atoms with Gasteiger partial charge in [-0.15, -0.1) is 0 Å². The summed E-state index contributed by atoms with van der Waals surface area (Å²) in [4.78, 5) is 20.5. The molecule has 0 amide bonds. The van der Waals surface area contributed by atoms with Crippen LogP contribution in [-0.4, -0.2) is 80.9 Å². The molecule has 0 radical (unpaired) electrons. The van der Waals surface area contributed by atoms with Gasteiger partial charge in [-0.2, -0.15) is 0 Å². The summed E-state index contributed by atoms with van der Waals surface area (Å²) >= 11 is 0. The first kappa shape index (κ1) is 25.8. The number of piperazine rings is 1. The van der Waals surface area contributed by atoms with Crippen molar-refractivity contribution >= 4 is 17.5 Å². The van der Waals surface area contributed by atoms with Crippen LogP contribution in [0.4, 0.5) is 5.69 Å². The van der Waals surface area contributed by atoms with Gasteiger partial charge in [0.05, 0.1) is 0 Å². The Morgan fingerprint density at radius 2 is 1.69 bits per heavy atom. The lowest BCUT2D eigenvalue weighted by atomic mass is 9.95. The number of anilines is 1. The highest BCUT2D eigenvalue weighted by molar-refractivity contribution is 6.08. The topological polar surface area (TPSA) is 38.8 Å². The maximum atomic E-state index is 13.5. The molecule has 3 aromatic carbocycles. The number of hydrogen-bond acceptors (Lipinski definition) is 5. The maximum Gasteiger partial charge on any atom is 0.186 e. The summed E-state index contributed by atoms with van der Waals surface area (Å²) in [7, 11) is 6.30. The Hall–Kier alpha value is -3.25. The molecule has 5 nitrogen and oxygen atoms in total. The molecule has 1 heterocycles. The van der Waals surface area contributed by atoms with E-state index in [-0.39, 0.29) is 5.78 Å². The highest BCUT2D eigenvalue weighted by Gasteiger charge is 2.18. The van der Waals surface area contributed by atoms with Crippen LogP contribution in [0.15, 0.2) is 78.9 Å². The van der Waals surface area contributed by atoms with Crippen molar-refractivity contribution in [2.75, 3.05) is 65.7 Å². The minimum atomic E-state index is 0.0443. The molecular weight excluding hydrogens is 444 g/mol. The van der Waals surface area contributed by atoms with E-state index in [4.69, 9.17) is 0 Å². The molecule has 1 saturated heterocycles. The third kappa shape index (κ3) is 7.37. The van der Waals surface area contributed by atoms with Gasteiger partial charge in [0.1, 0.15) is 0 Å². The number of allylic oxidation sites excluding steroid dienone is 1. The van der Waals surface area contributed by atoms with Crippen molar-refractivity contribution < 1.29 is 4.79 Å². The van der Waals surface area contributed by atoms with E-state index in [9.17, 15) is 4.79 Å². The van der Waals surface area contributed by atoms with Gasteiger partial charge in [-0.05, 0) is 67.7 Å². The predicted octanol–water partition coefficient (Wildman–Crippen LogP) is 4.97. The number of carbonyl (C=O) groups is 1. The lowest BCUT2D eigenvalue weighted by molar-refractivity contribution is 0.104. The van der Waals surface area contributed by atoms with E-state index in [1.165, 1.54) is 0 Å². The van der Waals surface area contributed by atoms with E-state index in [0.29, 0.717) is 0 Å². The highest BCUT2D eigenvalue weighted by Crippen LogP contribution is 2.25. The normalized spacial score (nSPS) is 15.0. The summed E-state index contributed by atoms with van der Waals surface area (Å²) in [6, 6.07) is 24.8. The summed E-state index contributed by atoms with van der Waals surface area (Å²) in [6.07, 6.45) is 3.64. The van der Waals surface area contributed by atoms with Crippen LogP contribution in [0.25, 0.3) is 17.2 Å². The Morgan fingerprint density at radius 3 is 2.44 bits per heavy atom. The zero-order valence-corrected chi connectivity index (χ0v) is 21.8. The van der Waals surface area contributed by atoms with Crippen LogP contribution in [0.5, 0.6) is 0 Å². The van der Waals surface area contributed by atoms with Crippen LogP contribution < -0.4 is 5.32 Å². The van der Waals surface area contributed by atoms with Crippen molar-refractivity contribution in [1.29, 1.82) is 0 Å². The van der Waals surface area contributed by atoms with Gasteiger partial charge in [-0.1, -0.05) is 60.7 Å². The first-order chi connectivity index (χ1) is 17.5. The quantitative estimate of drug-likeness (QED) is 0.326. The molecule has 5 heteroatoms. The summed E-state index contributed by atoms with van der Waals surface area (Å²) in [5.41, 5.74) is 6.14. The first-order valence-corrected chi connectivity index (χ1v) is 12.8. The van der Waals surface area contributed by atoms with E-state index < -0.39 is 0 Å². The van der Waals surface area contributed by atoms with Crippen molar-refractivity contribution in [3.05, 3.63) is 95.6 Å². The summed E-state index contributed by atoms with van der Waals surface area (Å²) in [6.45, 7) is 6.80. The fraction of sp³-hybridized carbons (Fsp3) is 0.323. The number of carbonyl (C=O) groups excluding carboxylic acids is 1. The molecule has 1 N–H and O–H groups in total. The third-order valence-electron chi connectivity index (χ3n) is 6.67. The lowest BCUT2D eigenvalue weighted by Gasteiger charge is -2.32. The van der Waals surface area contributed by atoms with Crippen molar-refractivity contribution in [3.63, 3.8) is 0 Å². The Labute approximate surface area is 216 Å². The van der Waals surface area contributed by atoms with Crippen LogP contribution in [0.3, 0.4) is 0 Å². The van der Waals surface area contributed by atoms with Gasteiger partial charge in [-0.3, -0.25) is 9.69 Å². The Kier molecular flexibility index (Phi) is 9.06. The first-order valence-electron chi connectivity index (χ1n) is 12.8. The van der Waals surface area contributed by atoms with Gasteiger partial charge in [0.15, 0.2) is 5.78 Å². The molecule has 0 unspecified atom stereocenters. The van der Waals surface area contributed by atoms with Crippen LogP contribution >= 0.6 is 0 Å². The van der Waals surface area contributed by atoms with E-state index in [0.717, 1.165) is 79.3 Å². The number of benzene rings is 3. The second-order valence-corrected chi connectivity index (χ2v) is 9.87. The molecular formula is C31H38N4O. The second-order valence-electron chi connectivity index (χ2n) is 9.87. The predicted molar refractivity (Wildman–Crippen MR) is 152 cm³/mol. The molecule has 0 aromatic heterocycles. The number of hydrogen-bond donors (Lipinski definition) is 1. The molecule has 1 aliphatic rings. The molecule has 1 aliphatic heterocycles. The number of nitrogens with zero attached hydrogens (tertiary/aromatic N) is 3. The largest absolute Gasteiger partial charge is 0.384 e. The van der Waals surface area contributed by atoms with E-state index in [1.807, 2.05) is 36.4 Å². The number of nitrogens with one attached hydrogen (secondary N) is 1. The van der Waals surface area contributed by atoms with Crippen molar-refractivity contribution in [3.8, 4) is 11.1 Å². The molecule has 0 bridgehead atoms. The monoisotopic (exact) mass is 482 g/mol. The van der Waals surface area contributed by atoms with Gasteiger partial charge in [0.2, 0.25) is 0 Å². The molecule has 0 spiro atoms. The smallest absolute Gasteiger partial charge is 0.186 e. The molecule has 188 valence electrons. The summed E-state index contributed by atoms with van der Waals surface area (Å²) < 4.78 is 0. The third-order valence-corrected chi connectivity index (χ3v) is 6.67. The van der Waals surface area contributed by atoms with Gasteiger partial charge >= 0.3 is 0 Å². The van der Waals surface area contributed by atoms with Crippen molar-refractivity contribution in [2.45, 2.75) is 6.54 Å². The fourth-order valence-electron chi connectivity index (χ4n) is 4.44. The molecule has 0 saturated carbocycles. The van der Waals surface area contributed by atoms with E-state index >= 15 is 0 Å². The fourth-order valence-corrected chi connectivity index (χ4v) is 4.44. The van der Waals surface area contributed by atoms with Gasteiger partial charge in [0, 0.05) is 57.1 Å². The summed E-state index contributed by atoms with van der Waals surface area (Å²) in [5, 5.41) is 3.45. The van der Waals surface area contributed by atoms with Crippen LogP contribution in [0, 0.1) is 0 Å². The van der Waals surface area contributed by atoms with Gasteiger partial charge < -0.3 is 15.1 Å². The number of ketones is 1. The Bertz CT molecular complexity index is 1160. The molecule has 0 atom stereocenters. The van der Waals surface area contributed by atoms with Crippen LogP contribution in [-0.2, 0) is 6.54 Å². The van der Waals surface area contributed by atoms with Crippen LogP contribution in [0.1, 0.15) is 21.5 Å². The van der Waals surface area contributed by atoms with Gasteiger partial charge in [0.25, 0.3) is 0 Å². The molecule has 4 rings (SSSR count). The number of rotatable bonds is 10. The van der Waals surface area contributed by atoms with Crippen LogP contribution in [0.2, 0.25) is 0 Å². The van der Waals surface area contributed by atoms with E-state index in [2.05, 4.69) is 83.6 Å². The highest BCUT2D eigenvalue weighted by atomic mass is 16.1. The number of likely N-dealkylation sites (N-methyl/N-ethyl adjacent to an activating group) is 2. The van der Waals surface area contributed by atoms with E-state index in [1.54, 1.807) is 6.08 Å². The lowest BCUT2D eigenvalue weighted by Crippen LogP contribution is -2.44. The average Bonchev–Trinajstić information content (AvgIpc) is 2.89. The average molecular weight is 483 g/mol. The zero-order valence-electron chi connectivity index (χ0n) is 21.8. The second kappa shape index (κ2) is 12.6.